The van der Waals surface area contributed by atoms with Crippen LogP contribution in [0, 0.1) is 6.92 Å². The van der Waals surface area contributed by atoms with Crippen LogP contribution in [0.15, 0.2) is 12.5 Å². The number of ether oxygens (including phenoxy) is 1. The molecule has 0 bridgehead atoms. The summed E-state index contributed by atoms with van der Waals surface area (Å²) in [6.45, 7) is 2.64. The predicted molar refractivity (Wildman–Crippen MR) is 48.2 cm³/mol. The molecule has 1 saturated heterocycles. The average Bonchev–Trinajstić information content (AvgIpc) is 2.93. The van der Waals surface area contributed by atoms with Crippen molar-refractivity contribution in [1.82, 2.24) is 30.2 Å². The summed E-state index contributed by atoms with van der Waals surface area (Å²) in [7, 11) is 0. The second kappa shape index (κ2) is 3.06. The fourth-order valence-corrected chi connectivity index (χ4v) is 1.38. The lowest BCUT2D eigenvalue weighted by atomic mass is 10.2. The molecule has 3 rings (SSSR count). The third-order valence-corrected chi connectivity index (χ3v) is 2.19. The number of hydrogen-bond acceptors (Lipinski definition) is 6. The normalized spacial score (nSPS) is 19.1. The second-order valence-electron chi connectivity index (χ2n) is 3.28. The highest BCUT2D eigenvalue weighted by Gasteiger charge is 2.28. The van der Waals surface area contributed by atoms with Crippen molar-refractivity contribution in [3.8, 4) is 5.82 Å². The molecule has 1 fully saturated rings. The Kier molecular flexibility index (Phi) is 1.72. The van der Waals surface area contributed by atoms with E-state index in [1.165, 1.54) is 11.0 Å². The smallest absolute Gasteiger partial charge is 0.175 e. The number of nitrogens with zero attached hydrogens (tertiary/aromatic N) is 6. The fraction of sp³-hybridized carbons (Fsp3) is 0.375. The Morgan fingerprint density at radius 1 is 1.53 bits per heavy atom. The van der Waals surface area contributed by atoms with Gasteiger partial charge in [-0.3, -0.25) is 4.98 Å². The van der Waals surface area contributed by atoms with E-state index in [4.69, 9.17) is 4.74 Å². The van der Waals surface area contributed by atoms with Crippen molar-refractivity contribution in [3.63, 3.8) is 0 Å². The molecule has 7 nitrogen and oxygen atoms in total. The third kappa shape index (κ3) is 1.46. The molecule has 1 aliphatic heterocycles. The van der Waals surface area contributed by atoms with Gasteiger partial charge in [0.15, 0.2) is 5.82 Å². The van der Waals surface area contributed by atoms with Gasteiger partial charge in [0, 0.05) is 0 Å². The van der Waals surface area contributed by atoms with Gasteiger partial charge in [0.25, 0.3) is 0 Å². The highest BCUT2D eigenvalue weighted by molar-refractivity contribution is 5.24. The van der Waals surface area contributed by atoms with E-state index in [-0.39, 0.29) is 6.10 Å². The van der Waals surface area contributed by atoms with Crippen molar-refractivity contribution in [2.24, 2.45) is 0 Å². The Morgan fingerprint density at radius 2 is 2.40 bits per heavy atom. The fourth-order valence-electron chi connectivity index (χ4n) is 1.38. The van der Waals surface area contributed by atoms with Gasteiger partial charge in [-0.15, -0.1) is 5.10 Å². The average molecular weight is 204 g/mol. The quantitative estimate of drug-likeness (QED) is 0.632. The first-order valence-corrected chi connectivity index (χ1v) is 4.53. The molecule has 0 N–H and O–H groups in total. The lowest BCUT2D eigenvalue weighted by Crippen LogP contribution is -2.04. The molecule has 1 atom stereocenters. The first-order valence-electron chi connectivity index (χ1n) is 4.53. The SMILES string of the molecule is Cc1nc(-n2cnnn2)cnc1[C@H]1CO1. The van der Waals surface area contributed by atoms with E-state index < -0.39 is 0 Å². The standard InChI is InChI=1S/C8H8N6O/c1-5-8(6-3-15-6)9-2-7(11-5)14-4-10-12-13-14/h2,4,6H,3H2,1H3/t6-/m1/s1. The van der Waals surface area contributed by atoms with E-state index in [1.54, 1.807) is 6.20 Å². The summed E-state index contributed by atoms with van der Waals surface area (Å²) in [4.78, 5) is 8.65. The molecule has 0 aromatic carbocycles. The third-order valence-electron chi connectivity index (χ3n) is 2.19. The monoisotopic (exact) mass is 204 g/mol. The Balaban J connectivity index is 2.01. The van der Waals surface area contributed by atoms with Gasteiger partial charge in [-0.1, -0.05) is 0 Å². The predicted octanol–water partition coefficient (Wildman–Crippen LogP) is -0.168. The molecule has 0 amide bonds. The van der Waals surface area contributed by atoms with Gasteiger partial charge in [-0.2, -0.15) is 4.68 Å². The molecule has 15 heavy (non-hydrogen) atoms. The number of hydrogen-bond donors (Lipinski definition) is 0. The Morgan fingerprint density at radius 3 is 3.00 bits per heavy atom. The van der Waals surface area contributed by atoms with Gasteiger partial charge in [0.05, 0.1) is 24.2 Å². The number of epoxide rings is 1. The van der Waals surface area contributed by atoms with Crippen LogP contribution >= 0.6 is 0 Å². The summed E-state index contributed by atoms with van der Waals surface area (Å²) in [5.74, 6) is 0.613. The summed E-state index contributed by atoms with van der Waals surface area (Å²) in [6, 6.07) is 0. The van der Waals surface area contributed by atoms with E-state index >= 15 is 0 Å². The van der Waals surface area contributed by atoms with Crippen LogP contribution in [0.25, 0.3) is 5.82 Å². The van der Waals surface area contributed by atoms with Crippen LogP contribution in [-0.2, 0) is 4.74 Å². The van der Waals surface area contributed by atoms with E-state index in [0.29, 0.717) is 5.82 Å². The molecule has 76 valence electrons. The topological polar surface area (TPSA) is 81.9 Å². The maximum atomic E-state index is 5.16. The maximum absolute atomic E-state index is 5.16. The lowest BCUT2D eigenvalue weighted by molar-refractivity contribution is 0.409. The highest BCUT2D eigenvalue weighted by Crippen LogP contribution is 2.29. The van der Waals surface area contributed by atoms with Crippen LogP contribution in [0.4, 0.5) is 0 Å². The minimum Gasteiger partial charge on any atom is -0.366 e. The van der Waals surface area contributed by atoms with E-state index in [9.17, 15) is 0 Å². The number of tetrazole rings is 1. The Labute approximate surface area is 85.1 Å². The first kappa shape index (κ1) is 8.42. The molecule has 0 spiro atoms. The minimum absolute atomic E-state index is 0.125. The molecule has 1 aliphatic rings. The minimum atomic E-state index is 0.125. The van der Waals surface area contributed by atoms with Crippen molar-refractivity contribution in [2.45, 2.75) is 13.0 Å². The molecule has 0 saturated carbocycles. The van der Waals surface area contributed by atoms with Crippen LogP contribution in [0.5, 0.6) is 0 Å². The molecule has 2 aromatic rings. The van der Waals surface area contributed by atoms with E-state index in [0.717, 1.165) is 18.0 Å². The van der Waals surface area contributed by atoms with Crippen LogP contribution in [0.2, 0.25) is 0 Å². The van der Waals surface area contributed by atoms with Crippen molar-refractivity contribution < 1.29 is 4.74 Å². The van der Waals surface area contributed by atoms with Crippen LogP contribution < -0.4 is 0 Å². The molecular weight excluding hydrogens is 196 g/mol. The number of rotatable bonds is 2. The molecule has 2 aromatic heterocycles. The zero-order valence-electron chi connectivity index (χ0n) is 8.03. The summed E-state index contributed by atoms with van der Waals surface area (Å²) < 4.78 is 6.63. The van der Waals surface area contributed by atoms with Gasteiger partial charge in [-0.25, -0.2) is 4.98 Å². The molecular formula is C8H8N6O. The van der Waals surface area contributed by atoms with Crippen molar-refractivity contribution in [1.29, 1.82) is 0 Å². The lowest BCUT2D eigenvalue weighted by Gasteiger charge is -2.02. The zero-order chi connectivity index (χ0) is 10.3. The summed E-state index contributed by atoms with van der Waals surface area (Å²) >= 11 is 0. The van der Waals surface area contributed by atoms with Gasteiger partial charge in [0.1, 0.15) is 12.4 Å². The Hall–Kier alpha value is -1.89. The molecule has 0 unspecified atom stereocenters. The van der Waals surface area contributed by atoms with Crippen LogP contribution in [-0.4, -0.2) is 36.8 Å². The van der Waals surface area contributed by atoms with Crippen molar-refractivity contribution in [3.05, 3.63) is 23.9 Å². The van der Waals surface area contributed by atoms with Crippen molar-refractivity contribution in [2.75, 3.05) is 6.61 Å². The summed E-state index contributed by atoms with van der Waals surface area (Å²) in [5, 5.41) is 10.8. The Bertz CT molecular complexity index is 478. The van der Waals surface area contributed by atoms with Gasteiger partial charge in [0.2, 0.25) is 0 Å². The van der Waals surface area contributed by atoms with Crippen LogP contribution in [0.1, 0.15) is 17.5 Å². The molecule has 7 heteroatoms. The number of aromatic nitrogens is 6. The molecule has 3 heterocycles. The number of aryl methyl sites for hydroxylation is 1. The highest BCUT2D eigenvalue weighted by atomic mass is 16.6. The van der Waals surface area contributed by atoms with E-state index in [1.807, 2.05) is 6.92 Å². The van der Waals surface area contributed by atoms with Crippen LogP contribution in [0.3, 0.4) is 0 Å². The zero-order valence-corrected chi connectivity index (χ0v) is 8.03. The summed E-state index contributed by atoms with van der Waals surface area (Å²) in [6.07, 6.45) is 3.25. The molecule has 0 radical (unpaired) electrons. The van der Waals surface area contributed by atoms with Gasteiger partial charge in [-0.05, 0) is 17.4 Å². The second-order valence-corrected chi connectivity index (χ2v) is 3.28. The van der Waals surface area contributed by atoms with Gasteiger partial charge >= 0.3 is 0 Å². The van der Waals surface area contributed by atoms with Crippen molar-refractivity contribution >= 4 is 0 Å². The van der Waals surface area contributed by atoms with E-state index in [2.05, 4.69) is 25.5 Å². The summed E-state index contributed by atoms with van der Waals surface area (Å²) in [5.41, 5.74) is 1.75. The largest absolute Gasteiger partial charge is 0.366 e. The molecule has 0 aliphatic carbocycles. The first-order chi connectivity index (χ1) is 7.34. The maximum Gasteiger partial charge on any atom is 0.175 e. The van der Waals surface area contributed by atoms with Gasteiger partial charge < -0.3 is 4.74 Å².